The molecule has 4 heteroatoms. The van der Waals surface area contributed by atoms with Crippen LogP contribution in [0.5, 0.6) is 0 Å². The van der Waals surface area contributed by atoms with Crippen molar-refractivity contribution in [3.8, 4) is 0 Å². The summed E-state index contributed by atoms with van der Waals surface area (Å²) in [5.74, 6) is -0.108. The normalized spacial score (nSPS) is 9.88. The van der Waals surface area contributed by atoms with E-state index in [4.69, 9.17) is 0 Å². The summed E-state index contributed by atoms with van der Waals surface area (Å²) < 4.78 is 0. The summed E-state index contributed by atoms with van der Waals surface area (Å²) in [4.78, 5) is 25.0. The Morgan fingerprint density at radius 1 is 1.12 bits per heavy atom. The highest BCUT2D eigenvalue weighted by Gasteiger charge is 2.03. The van der Waals surface area contributed by atoms with Gasteiger partial charge in [-0.3, -0.25) is 9.59 Å². The van der Waals surface area contributed by atoms with E-state index in [9.17, 15) is 9.59 Å². The van der Waals surface area contributed by atoms with Gasteiger partial charge in [0.25, 0.3) is 0 Å². The lowest BCUT2D eigenvalue weighted by atomic mass is 10.1. The van der Waals surface area contributed by atoms with Gasteiger partial charge in [-0.25, -0.2) is 0 Å². The maximum Gasteiger partial charge on any atom is 0.248 e. The molecule has 0 atom stereocenters. The maximum atomic E-state index is 11.7. The van der Waals surface area contributed by atoms with Crippen molar-refractivity contribution in [2.75, 3.05) is 5.32 Å². The average molecular weight is 228 g/mol. The first kappa shape index (κ1) is 11.1. The Kier molecular flexibility index (Phi) is 3.35. The Balaban J connectivity index is 1.98. The van der Waals surface area contributed by atoms with Crippen LogP contribution < -0.4 is 10.9 Å². The molecular weight excluding hydrogens is 216 g/mol. The zero-order valence-corrected chi connectivity index (χ0v) is 9.14. The molecule has 0 aliphatic heterocycles. The Bertz CT molecular complexity index is 541. The van der Waals surface area contributed by atoms with Crippen molar-refractivity contribution in [3.63, 3.8) is 0 Å². The van der Waals surface area contributed by atoms with Crippen LogP contribution in [-0.2, 0) is 11.2 Å². The highest BCUT2D eigenvalue weighted by Crippen LogP contribution is 2.04. The second kappa shape index (κ2) is 5.12. The molecule has 2 rings (SSSR count). The number of hydrogen-bond donors (Lipinski definition) is 2. The molecule has 0 spiro atoms. The SMILES string of the molecule is O=C(Cc1ccccc1)Nc1ccc(=O)[nH]c1. The number of H-pyrrole nitrogens is 1. The second-order valence-corrected chi connectivity index (χ2v) is 3.65. The Morgan fingerprint density at radius 3 is 2.53 bits per heavy atom. The highest BCUT2D eigenvalue weighted by molar-refractivity contribution is 5.92. The van der Waals surface area contributed by atoms with Gasteiger partial charge in [0, 0.05) is 12.3 Å². The Labute approximate surface area is 98.3 Å². The van der Waals surface area contributed by atoms with E-state index >= 15 is 0 Å². The molecule has 0 unspecified atom stereocenters. The highest BCUT2D eigenvalue weighted by atomic mass is 16.1. The molecule has 4 nitrogen and oxygen atoms in total. The van der Waals surface area contributed by atoms with Crippen molar-refractivity contribution >= 4 is 11.6 Å². The topological polar surface area (TPSA) is 62.0 Å². The third-order valence-electron chi connectivity index (χ3n) is 2.28. The second-order valence-electron chi connectivity index (χ2n) is 3.65. The maximum absolute atomic E-state index is 11.7. The average Bonchev–Trinajstić information content (AvgIpc) is 2.33. The van der Waals surface area contributed by atoms with E-state index in [2.05, 4.69) is 10.3 Å². The number of aromatic amines is 1. The molecule has 1 amide bonds. The van der Waals surface area contributed by atoms with Crippen molar-refractivity contribution in [2.24, 2.45) is 0 Å². The smallest absolute Gasteiger partial charge is 0.248 e. The van der Waals surface area contributed by atoms with E-state index in [0.717, 1.165) is 5.56 Å². The summed E-state index contributed by atoms with van der Waals surface area (Å²) in [6, 6.07) is 12.4. The van der Waals surface area contributed by atoms with Crippen molar-refractivity contribution in [2.45, 2.75) is 6.42 Å². The number of amides is 1. The third kappa shape index (κ3) is 3.31. The van der Waals surface area contributed by atoms with E-state index in [-0.39, 0.29) is 11.5 Å². The molecule has 0 radical (unpaired) electrons. The van der Waals surface area contributed by atoms with E-state index in [1.807, 2.05) is 30.3 Å². The van der Waals surface area contributed by atoms with Crippen LogP contribution in [0.4, 0.5) is 5.69 Å². The lowest BCUT2D eigenvalue weighted by Crippen LogP contribution is -2.15. The van der Waals surface area contributed by atoms with Crippen LogP contribution in [0.2, 0.25) is 0 Å². The first-order valence-electron chi connectivity index (χ1n) is 5.26. The summed E-state index contributed by atoms with van der Waals surface area (Å²) in [6.07, 6.45) is 1.80. The van der Waals surface area contributed by atoms with Gasteiger partial charge in [-0.05, 0) is 11.6 Å². The zero-order valence-electron chi connectivity index (χ0n) is 9.14. The van der Waals surface area contributed by atoms with Crippen molar-refractivity contribution in [3.05, 3.63) is 64.6 Å². The third-order valence-corrected chi connectivity index (χ3v) is 2.28. The molecule has 1 aromatic carbocycles. The van der Waals surface area contributed by atoms with Crippen molar-refractivity contribution in [1.82, 2.24) is 4.98 Å². The van der Waals surface area contributed by atoms with Crippen molar-refractivity contribution < 1.29 is 4.79 Å². The van der Waals surface area contributed by atoms with Crippen LogP contribution in [0.25, 0.3) is 0 Å². The number of rotatable bonds is 3. The minimum atomic E-state index is -0.189. The molecule has 1 aromatic heterocycles. The number of pyridine rings is 1. The van der Waals surface area contributed by atoms with Crippen LogP contribution in [-0.4, -0.2) is 10.9 Å². The Hall–Kier alpha value is -2.36. The number of carbonyl (C=O) groups excluding carboxylic acids is 1. The fourth-order valence-corrected chi connectivity index (χ4v) is 1.47. The summed E-state index contributed by atoms with van der Waals surface area (Å²) in [6.45, 7) is 0. The van der Waals surface area contributed by atoms with Gasteiger partial charge in [0.15, 0.2) is 0 Å². The van der Waals surface area contributed by atoms with Gasteiger partial charge in [-0.15, -0.1) is 0 Å². The minimum Gasteiger partial charge on any atom is -0.327 e. The first-order valence-corrected chi connectivity index (χ1v) is 5.26. The Morgan fingerprint density at radius 2 is 1.88 bits per heavy atom. The van der Waals surface area contributed by atoms with Crippen LogP contribution in [0, 0.1) is 0 Å². The van der Waals surface area contributed by atoms with Gasteiger partial charge in [0.2, 0.25) is 11.5 Å². The van der Waals surface area contributed by atoms with Crippen LogP contribution >= 0.6 is 0 Å². The van der Waals surface area contributed by atoms with E-state index in [0.29, 0.717) is 12.1 Å². The number of benzene rings is 1. The number of aromatic nitrogens is 1. The molecule has 1 heterocycles. The number of nitrogens with one attached hydrogen (secondary N) is 2. The predicted molar refractivity (Wildman–Crippen MR) is 65.8 cm³/mol. The summed E-state index contributed by atoms with van der Waals surface area (Å²) in [7, 11) is 0. The van der Waals surface area contributed by atoms with Gasteiger partial charge < -0.3 is 10.3 Å². The van der Waals surface area contributed by atoms with Gasteiger partial charge in [0.05, 0.1) is 12.1 Å². The van der Waals surface area contributed by atoms with Crippen LogP contribution in [0.1, 0.15) is 5.56 Å². The number of hydrogen-bond acceptors (Lipinski definition) is 2. The molecule has 86 valence electrons. The molecule has 0 bridgehead atoms. The van der Waals surface area contributed by atoms with E-state index in [1.165, 1.54) is 12.3 Å². The molecule has 0 aliphatic rings. The van der Waals surface area contributed by atoms with Gasteiger partial charge in [-0.1, -0.05) is 30.3 Å². The largest absolute Gasteiger partial charge is 0.327 e. The number of anilines is 1. The molecule has 0 saturated heterocycles. The summed E-state index contributed by atoms with van der Waals surface area (Å²) in [5.41, 5.74) is 1.35. The molecule has 0 aliphatic carbocycles. The zero-order chi connectivity index (χ0) is 12.1. The lowest BCUT2D eigenvalue weighted by Gasteiger charge is -2.04. The molecule has 17 heavy (non-hydrogen) atoms. The van der Waals surface area contributed by atoms with Gasteiger partial charge in [-0.2, -0.15) is 0 Å². The molecule has 0 fully saturated rings. The minimum absolute atomic E-state index is 0.108. The fraction of sp³-hybridized carbons (Fsp3) is 0.0769. The van der Waals surface area contributed by atoms with Gasteiger partial charge in [0.1, 0.15) is 0 Å². The van der Waals surface area contributed by atoms with Gasteiger partial charge >= 0.3 is 0 Å². The molecule has 2 N–H and O–H groups in total. The summed E-state index contributed by atoms with van der Waals surface area (Å²) >= 11 is 0. The van der Waals surface area contributed by atoms with Crippen molar-refractivity contribution in [1.29, 1.82) is 0 Å². The van der Waals surface area contributed by atoms with E-state index < -0.39 is 0 Å². The fourth-order valence-electron chi connectivity index (χ4n) is 1.47. The van der Waals surface area contributed by atoms with E-state index in [1.54, 1.807) is 6.07 Å². The first-order chi connectivity index (χ1) is 8.24. The monoisotopic (exact) mass is 228 g/mol. The van der Waals surface area contributed by atoms with Crippen LogP contribution in [0.3, 0.4) is 0 Å². The number of carbonyl (C=O) groups is 1. The summed E-state index contributed by atoms with van der Waals surface area (Å²) in [5, 5.41) is 2.71. The predicted octanol–water partition coefficient (Wildman–Crippen LogP) is 1.56. The standard InChI is InChI=1S/C13H12N2O2/c16-12-7-6-11(9-14-12)15-13(17)8-10-4-2-1-3-5-10/h1-7,9H,8H2,(H,14,16)(H,15,17). The quantitative estimate of drug-likeness (QED) is 0.837. The molecule has 2 aromatic rings. The molecule has 0 saturated carbocycles. The lowest BCUT2D eigenvalue weighted by molar-refractivity contribution is -0.115. The van der Waals surface area contributed by atoms with Crippen LogP contribution in [0.15, 0.2) is 53.5 Å². The molecular formula is C13H12N2O2.